The van der Waals surface area contributed by atoms with Crippen molar-refractivity contribution < 1.29 is 9.53 Å². The Morgan fingerprint density at radius 2 is 1.89 bits per heavy atom. The average Bonchev–Trinajstić information content (AvgIpc) is 2.74. The highest BCUT2D eigenvalue weighted by Crippen LogP contribution is 2.33. The molecule has 28 heavy (non-hydrogen) atoms. The average molecular weight is 407 g/mol. The largest absolute Gasteiger partial charge is 0.496 e. The molecule has 2 fully saturated rings. The molecule has 1 saturated carbocycles. The van der Waals surface area contributed by atoms with Gasteiger partial charge in [-0.15, -0.1) is 0 Å². The number of hydrogen-bond donors (Lipinski definition) is 1. The number of anilines is 1. The fourth-order valence-electron chi connectivity index (χ4n) is 4.99. The van der Waals surface area contributed by atoms with Gasteiger partial charge in [-0.3, -0.25) is 4.79 Å². The van der Waals surface area contributed by atoms with Crippen molar-refractivity contribution in [2.24, 2.45) is 11.8 Å². The summed E-state index contributed by atoms with van der Waals surface area (Å²) in [6, 6.07) is 4.00. The van der Waals surface area contributed by atoms with Crippen LogP contribution >= 0.6 is 11.6 Å². The highest BCUT2D eigenvalue weighted by molar-refractivity contribution is 6.33. The summed E-state index contributed by atoms with van der Waals surface area (Å²) in [6.07, 6.45) is 10.9. The first-order valence-corrected chi connectivity index (χ1v) is 11.3. The van der Waals surface area contributed by atoms with Gasteiger partial charge in [-0.05, 0) is 70.0 Å². The number of carbonyl (C=O) groups excluding carboxylic acids is 1. The fraction of sp³-hybridized carbons (Fsp3) is 0.696. The molecular weight excluding hydrogens is 372 g/mol. The van der Waals surface area contributed by atoms with Crippen molar-refractivity contribution in [1.29, 1.82) is 0 Å². The summed E-state index contributed by atoms with van der Waals surface area (Å²) in [5.41, 5.74) is 6.81. The Labute approximate surface area is 174 Å². The quantitative estimate of drug-likeness (QED) is 0.474. The summed E-state index contributed by atoms with van der Waals surface area (Å²) in [6.45, 7) is 4.78. The second kappa shape index (κ2) is 9.98. The molecule has 2 N–H and O–H groups in total. The van der Waals surface area contributed by atoms with Gasteiger partial charge in [0.15, 0.2) is 5.78 Å². The van der Waals surface area contributed by atoms with Crippen LogP contribution in [0, 0.1) is 11.8 Å². The number of nitrogens with zero attached hydrogens (tertiary/aromatic N) is 1. The van der Waals surface area contributed by atoms with Gasteiger partial charge in [-0.25, -0.2) is 0 Å². The van der Waals surface area contributed by atoms with Crippen LogP contribution in [0.1, 0.15) is 75.1 Å². The number of ether oxygens (including phenoxy) is 1. The molecule has 1 aliphatic carbocycles. The summed E-state index contributed by atoms with van der Waals surface area (Å²) in [4.78, 5) is 15.4. The second-order valence-electron chi connectivity index (χ2n) is 8.65. The Bertz CT molecular complexity index is 665. The maximum absolute atomic E-state index is 12.7. The number of nitrogens with two attached hydrogens (primary N) is 1. The standard InChI is InChI=1S/C23H35ClN2O2/c1-16(18-6-4-3-5-7-18)26-12-10-17(11-13-26)8-9-22(27)19-14-20(24)21(25)15-23(19)28-2/h14-18H,3-13,25H2,1-2H3. The van der Waals surface area contributed by atoms with Gasteiger partial charge >= 0.3 is 0 Å². The molecule has 156 valence electrons. The molecule has 1 atom stereocenters. The van der Waals surface area contributed by atoms with Gasteiger partial charge in [0.05, 0.1) is 23.4 Å². The first kappa shape index (κ1) is 21.4. The first-order valence-electron chi connectivity index (χ1n) is 10.9. The van der Waals surface area contributed by atoms with Gasteiger partial charge in [0.2, 0.25) is 0 Å². The van der Waals surface area contributed by atoms with E-state index in [2.05, 4.69) is 11.8 Å². The molecule has 1 aromatic rings. The molecule has 0 amide bonds. The van der Waals surface area contributed by atoms with E-state index in [0.29, 0.717) is 40.4 Å². The molecule has 0 bridgehead atoms. The number of piperidine rings is 1. The molecule has 5 heteroatoms. The third kappa shape index (κ3) is 5.21. The van der Waals surface area contributed by atoms with E-state index in [-0.39, 0.29) is 5.78 Å². The third-order valence-corrected chi connectivity index (χ3v) is 7.28. The number of halogens is 1. The SMILES string of the molecule is COc1cc(N)c(Cl)cc1C(=O)CCC1CCN(C(C)C2CCCCC2)CC1. The van der Waals surface area contributed by atoms with E-state index in [0.717, 1.165) is 12.3 Å². The molecule has 0 radical (unpaired) electrons. The number of Topliss-reactive ketones (excluding diaryl/α,β-unsaturated/α-hetero) is 1. The van der Waals surface area contributed by atoms with Crippen LogP contribution in [0.3, 0.4) is 0 Å². The van der Waals surface area contributed by atoms with Crippen LogP contribution in [0.15, 0.2) is 12.1 Å². The van der Waals surface area contributed by atoms with Crippen LogP contribution in [-0.4, -0.2) is 36.9 Å². The molecule has 1 aromatic carbocycles. The van der Waals surface area contributed by atoms with Gasteiger partial charge in [-0.1, -0.05) is 30.9 Å². The molecule has 0 spiro atoms. The summed E-state index contributed by atoms with van der Waals surface area (Å²) < 4.78 is 5.33. The number of ketones is 1. The van der Waals surface area contributed by atoms with E-state index in [1.165, 1.54) is 58.0 Å². The molecule has 1 unspecified atom stereocenters. The van der Waals surface area contributed by atoms with E-state index >= 15 is 0 Å². The van der Waals surface area contributed by atoms with E-state index in [1.807, 2.05) is 0 Å². The van der Waals surface area contributed by atoms with E-state index in [4.69, 9.17) is 22.1 Å². The third-order valence-electron chi connectivity index (χ3n) is 6.96. The number of methoxy groups -OCH3 is 1. The highest BCUT2D eigenvalue weighted by Gasteiger charge is 2.28. The van der Waals surface area contributed by atoms with Gasteiger partial charge in [0.1, 0.15) is 5.75 Å². The lowest BCUT2D eigenvalue weighted by Gasteiger charge is -2.40. The minimum atomic E-state index is 0.0942. The van der Waals surface area contributed by atoms with Crippen molar-refractivity contribution in [2.45, 2.75) is 70.8 Å². The van der Waals surface area contributed by atoms with Gasteiger partial charge in [0, 0.05) is 18.5 Å². The minimum absolute atomic E-state index is 0.0942. The van der Waals surface area contributed by atoms with Crippen molar-refractivity contribution in [2.75, 3.05) is 25.9 Å². The molecular formula is C23H35ClN2O2. The molecule has 0 aromatic heterocycles. The zero-order chi connectivity index (χ0) is 20.1. The Hall–Kier alpha value is -1.26. The number of likely N-dealkylation sites (tertiary alicyclic amines) is 1. The predicted molar refractivity (Wildman–Crippen MR) is 116 cm³/mol. The van der Waals surface area contributed by atoms with Crippen LogP contribution in [0.2, 0.25) is 5.02 Å². The predicted octanol–water partition coefficient (Wildman–Crippen LogP) is 5.57. The zero-order valence-corrected chi connectivity index (χ0v) is 18.1. The molecule has 1 saturated heterocycles. The lowest BCUT2D eigenvalue weighted by atomic mass is 9.82. The van der Waals surface area contributed by atoms with E-state index in [9.17, 15) is 4.79 Å². The number of nitrogen functional groups attached to an aromatic ring is 1. The van der Waals surface area contributed by atoms with E-state index < -0.39 is 0 Å². The maximum Gasteiger partial charge on any atom is 0.166 e. The van der Waals surface area contributed by atoms with Crippen LogP contribution in [0.5, 0.6) is 5.75 Å². The van der Waals surface area contributed by atoms with Crippen molar-refractivity contribution in [3.63, 3.8) is 0 Å². The normalized spacial score (nSPS) is 20.8. The van der Waals surface area contributed by atoms with Gasteiger partial charge in [0.25, 0.3) is 0 Å². The summed E-state index contributed by atoms with van der Waals surface area (Å²) in [7, 11) is 1.56. The zero-order valence-electron chi connectivity index (χ0n) is 17.4. The van der Waals surface area contributed by atoms with Gasteiger partial charge in [-0.2, -0.15) is 0 Å². The van der Waals surface area contributed by atoms with Crippen LogP contribution in [-0.2, 0) is 0 Å². The Kier molecular flexibility index (Phi) is 7.64. The molecule has 1 heterocycles. The van der Waals surface area contributed by atoms with Crippen molar-refractivity contribution in [1.82, 2.24) is 4.90 Å². The Balaban J connectivity index is 1.47. The molecule has 4 nitrogen and oxygen atoms in total. The number of benzene rings is 1. The summed E-state index contributed by atoms with van der Waals surface area (Å²) in [5.74, 6) is 2.13. The minimum Gasteiger partial charge on any atom is -0.496 e. The number of carbonyl (C=O) groups is 1. The van der Waals surface area contributed by atoms with Crippen molar-refractivity contribution in [3.05, 3.63) is 22.7 Å². The van der Waals surface area contributed by atoms with Crippen LogP contribution < -0.4 is 10.5 Å². The topological polar surface area (TPSA) is 55.6 Å². The molecule has 3 rings (SSSR count). The van der Waals surface area contributed by atoms with Gasteiger partial charge < -0.3 is 15.4 Å². The Morgan fingerprint density at radius 3 is 2.54 bits per heavy atom. The fourth-order valence-corrected chi connectivity index (χ4v) is 5.15. The summed E-state index contributed by atoms with van der Waals surface area (Å²) in [5, 5.41) is 0.411. The van der Waals surface area contributed by atoms with Crippen molar-refractivity contribution >= 4 is 23.1 Å². The molecule has 2 aliphatic rings. The monoisotopic (exact) mass is 406 g/mol. The summed E-state index contributed by atoms with van der Waals surface area (Å²) >= 11 is 6.11. The second-order valence-corrected chi connectivity index (χ2v) is 9.06. The molecule has 1 aliphatic heterocycles. The smallest absolute Gasteiger partial charge is 0.166 e. The lowest BCUT2D eigenvalue weighted by Crippen LogP contribution is -2.44. The van der Waals surface area contributed by atoms with E-state index in [1.54, 1.807) is 19.2 Å². The lowest BCUT2D eigenvalue weighted by molar-refractivity contribution is 0.0832. The maximum atomic E-state index is 12.7. The van der Waals surface area contributed by atoms with Crippen LogP contribution in [0.4, 0.5) is 5.69 Å². The number of rotatable bonds is 7. The number of hydrogen-bond acceptors (Lipinski definition) is 4. The Morgan fingerprint density at radius 1 is 1.21 bits per heavy atom. The first-order chi connectivity index (χ1) is 13.5. The van der Waals surface area contributed by atoms with Crippen molar-refractivity contribution in [3.8, 4) is 5.75 Å². The van der Waals surface area contributed by atoms with Crippen LogP contribution in [0.25, 0.3) is 0 Å². The highest BCUT2D eigenvalue weighted by atomic mass is 35.5.